The fourth-order valence-corrected chi connectivity index (χ4v) is 3.18. The molecule has 6 heteroatoms. The van der Waals surface area contributed by atoms with Crippen LogP contribution in [0.5, 0.6) is 11.5 Å². The third-order valence-electron chi connectivity index (χ3n) is 4.35. The van der Waals surface area contributed by atoms with Crippen molar-refractivity contribution in [3.63, 3.8) is 0 Å². The molecule has 0 amide bonds. The summed E-state index contributed by atoms with van der Waals surface area (Å²) in [6.45, 7) is 0. The average molecular weight is 369 g/mol. The van der Waals surface area contributed by atoms with Gasteiger partial charge in [0.2, 0.25) is 0 Å². The lowest BCUT2D eigenvalue weighted by Crippen LogP contribution is -1.90. The van der Waals surface area contributed by atoms with Crippen LogP contribution in [0.25, 0.3) is 33.3 Å². The number of phenolic OH excluding ortho intramolecular Hbond substituents is 2. The smallest absolute Gasteiger partial charge is 0.164 e. The standard InChI is InChI=1S/C20H14ClFN2O2/c1-24-17-9-12(11-4-7-18(25)15(21)8-11)2-5-14(17)20(23-24)13-3-6-16(22)19(26)10-13/h2-10,25-26H,1H3. The summed E-state index contributed by atoms with van der Waals surface area (Å²) in [6, 6.07) is 15.0. The lowest BCUT2D eigenvalue weighted by atomic mass is 10.0. The summed E-state index contributed by atoms with van der Waals surface area (Å²) in [5.41, 5.74) is 3.97. The predicted octanol–water partition coefficient (Wildman–Crippen LogP) is 5.11. The van der Waals surface area contributed by atoms with Crippen molar-refractivity contribution in [3.8, 4) is 33.9 Å². The highest BCUT2D eigenvalue weighted by Gasteiger charge is 2.14. The van der Waals surface area contributed by atoms with Crippen molar-refractivity contribution < 1.29 is 14.6 Å². The largest absolute Gasteiger partial charge is 0.506 e. The van der Waals surface area contributed by atoms with Crippen molar-refractivity contribution in [2.24, 2.45) is 7.05 Å². The van der Waals surface area contributed by atoms with Gasteiger partial charge in [-0.3, -0.25) is 4.68 Å². The molecule has 0 spiro atoms. The highest BCUT2D eigenvalue weighted by atomic mass is 35.5. The second kappa shape index (κ2) is 6.04. The van der Waals surface area contributed by atoms with Gasteiger partial charge in [0.25, 0.3) is 0 Å². The van der Waals surface area contributed by atoms with Crippen LogP contribution >= 0.6 is 11.6 Å². The maximum Gasteiger partial charge on any atom is 0.164 e. The predicted molar refractivity (Wildman–Crippen MR) is 99.9 cm³/mol. The number of fused-ring (bicyclic) bond motifs is 1. The summed E-state index contributed by atoms with van der Waals surface area (Å²) in [6.07, 6.45) is 0. The molecule has 0 unspecified atom stereocenters. The van der Waals surface area contributed by atoms with Crippen molar-refractivity contribution in [1.82, 2.24) is 9.78 Å². The molecule has 0 saturated carbocycles. The molecule has 1 aromatic heterocycles. The first-order chi connectivity index (χ1) is 12.4. The molecular weight excluding hydrogens is 355 g/mol. The van der Waals surface area contributed by atoms with Gasteiger partial charge in [-0.2, -0.15) is 5.10 Å². The Kier molecular flexibility index (Phi) is 3.81. The van der Waals surface area contributed by atoms with Crippen molar-refractivity contribution in [1.29, 1.82) is 0 Å². The normalized spacial score (nSPS) is 11.2. The van der Waals surface area contributed by atoms with E-state index < -0.39 is 11.6 Å². The van der Waals surface area contributed by atoms with Crippen molar-refractivity contribution in [3.05, 3.63) is 65.4 Å². The summed E-state index contributed by atoms with van der Waals surface area (Å²) >= 11 is 6.00. The number of phenols is 2. The first-order valence-corrected chi connectivity index (χ1v) is 8.26. The van der Waals surface area contributed by atoms with Crippen molar-refractivity contribution in [2.45, 2.75) is 0 Å². The van der Waals surface area contributed by atoms with Crippen LogP contribution in [0.1, 0.15) is 0 Å². The first-order valence-electron chi connectivity index (χ1n) is 7.88. The van der Waals surface area contributed by atoms with Gasteiger partial charge in [-0.15, -0.1) is 0 Å². The summed E-state index contributed by atoms with van der Waals surface area (Å²) in [4.78, 5) is 0. The minimum atomic E-state index is -0.666. The van der Waals surface area contributed by atoms with E-state index in [0.717, 1.165) is 22.0 Å². The van der Waals surface area contributed by atoms with Crippen LogP contribution in [0, 0.1) is 5.82 Å². The minimum Gasteiger partial charge on any atom is -0.506 e. The van der Waals surface area contributed by atoms with Crippen LogP contribution in [-0.2, 0) is 7.05 Å². The van der Waals surface area contributed by atoms with E-state index in [1.807, 2.05) is 25.2 Å². The Bertz CT molecular complexity index is 1150. The Morgan fingerprint density at radius 3 is 2.31 bits per heavy atom. The Hall–Kier alpha value is -3.05. The van der Waals surface area contributed by atoms with Crippen LogP contribution in [-0.4, -0.2) is 20.0 Å². The zero-order valence-corrected chi connectivity index (χ0v) is 14.5. The zero-order chi connectivity index (χ0) is 18.4. The summed E-state index contributed by atoms with van der Waals surface area (Å²) in [5.74, 6) is -1.03. The van der Waals surface area contributed by atoms with E-state index in [-0.39, 0.29) is 10.8 Å². The minimum absolute atomic E-state index is 0.0374. The molecule has 3 aromatic carbocycles. The summed E-state index contributed by atoms with van der Waals surface area (Å²) in [7, 11) is 1.82. The highest BCUT2D eigenvalue weighted by Crippen LogP contribution is 2.34. The molecule has 0 saturated heterocycles. The first kappa shape index (κ1) is 16.4. The quantitative estimate of drug-likeness (QED) is 0.517. The van der Waals surface area contributed by atoms with Gasteiger partial charge in [0.1, 0.15) is 11.4 Å². The second-order valence-electron chi connectivity index (χ2n) is 6.04. The van der Waals surface area contributed by atoms with Crippen molar-refractivity contribution in [2.75, 3.05) is 0 Å². The van der Waals surface area contributed by atoms with E-state index in [1.54, 1.807) is 28.9 Å². The van der Waals surface area contributed by atoms with Crippen LogP contribution < -0.4 is 0 Å². The highest BCUT2D eigenvalue weighted by molar-refractivity contribution is 6.32. The molecular formula is C20H14ClFN2O2. The molecule has 0 atom stereocenters. The Morgan fingerprint density at radius 1 is 0.885 bits per heavy atom. The number of halogens is 2. The molecule has 0 fully saturated rings. The summed E-state index contributed by atoms with van der Waals surface area (Å²) in [5, 5.41) is 24.9. The summed E-state index contributed by atoms with van der Waals surface area (Å²) < 4.78 is 15.1. The van der Waals surface area contributed by atoms with Gasteiger partial charge in [-0.05, 0) is 53.6 Å². The molecule has 2 N–H and O–H groups in total. The van der Waals surface area contributed by atoms with E-state index in [9.17, 15) is 14.6 Å². The zero-order valence-electron chi connectivity index (χ0n) is 13.7. The molecule has 26 heavy (non-hydrogen) atoms. The molecule has 4 nitrogen and oxygen atoms in total. The molecule has 0 radical (unpaired) electrons. The van der Waals surface area contributed by atoms with Gasteiger partial charge in [0.05, 0.1) is 10.5 Å². The van der Waals surface area contributed by atoms with Gasteiger partial charge in [0.15, 0.2) is 11.6 Å². The molecule has 4 rings (SSSR count). The molecule has 1 heterocycles. The van der Waals surface area contributed by atoms with E-state index in [2.05, 4.69) is 5.10 Å². The topological polar surface area (TPSA) is 58.3 Å². The third-order valence-corrected chi connectivity index (χ3v) is 4.65. The number of hydrogen-bond donors (Lipinski definition) is 2. The lowest BCUT2D eigenvalue weighted by Gasteiger charge is -2.05. The lowest BCUT2D eigenvalue weighted by molar-refractivity contribution is 0.432. The van der Waals surface area contributed by atoms with Gasteiger partial charge in [-0.1, -0.05) is 23.7 Å². The van der Waals surface area contributed by atoms with Gasteiger partial charge in [-0.25, -0.2) is 4.39 Å². The number of hydrogen-bond acceptors (Lipinski definition) is 3. The van der Waals surface area contributed by atoms with Crippen LogP contribution in [0.3, 0.4) is 0 Å². The Morgan fingerprint density at radius 2 is 1.58 bits per heavy atom. The van der Waals surface area contributed by atoms with Crippen molar-refractivity contribution >= 4 is 22.5 Å². The SMILES string of the molecule is Cn1nc(-c2ccc(F)c(O)c2)c2ccc(-c3ccc(O)c(Cl)c3)cc21. The fourth-order valence-electron chi connectivity index (χ4n) is 3.00. The third kappa shape index (κ3) is 2.66. The number of aryl methyl sites for hydroxylation is 1. The number of nitrogens with zero attached hydrogens (tertiary/aromatic N) is 2. The average Bonchev–Trinajstić information content (AvgIpc) is 2.96. The van der Waals surface area contributed by atoms with E-state index in [4.69, 9.17) is 11.6 Å². The maximum absolute atomic E-state index is 13.3. The number of rotatable bonds is 2. The van der Waals surface area contributed by atoms with E-state index in [0.29, 0.717) is 11.3 Å². The van der Waals surface area contributed by atoms with Crippen LogP contribution in [0.15, 0.2) is 54.6 Å². The van der Waals surface area contributed by atoms with Gasteiger partial charge >= 0.3 is 0 Å². The molecule has 0 bridgehead atoms. The number of aromatic hydroxyl groups is 2. The monoisotopic (exact) mass is 368 g/mol. The maximum atomic E-state index is 13.3. The molecule has 4 aromatic rings. The molecule has 0 aliphatic heterocycles. The van der Waals surface area contributed by atoms with Gasteiger partial charge in [0, 0.05) is 18.0 Å². The van der Waals surface area contributed by atoms with Gasteiger partial charge < -0.3 is 10.2 Å². The Labute approximate surface area is 153 Å². The molecule has 0 aliphatic carbocycles. The van der Waals surface area contributed by atoms with Crippen LogP contribution in [0.2, 0.25) is 5.02 Å². The van der Waals surface area contributed by atoms with E-state index in [1.165, 1.54) is 12.1 Å². The van der Waals surface area contributed by atoms with E-state index >= 15 is 0 Å². The second-order valence-corrected chi connectivity index (χ2v) is 6.44. The van der Waals surface area contributed by atoms with Crippen LogP contribution in [0.4, 0.5) is 4.39 Å². The molecule has 130 valence electrons. The number of aromatic nitrogens is 2. The number of benzene rings is 3. The molecule has 0 aliphatic rings. The fraction of sp³-hybridized carbons (Fsp3) is 0.0500. The Balaban J connectivity index is 1.86.